The van der Waals surface area contributed by atoms with Crippen molar-refractivity contribution >= 4 is 5.69 Å². The van der Waals surface area contributed by atoms with Gasteiger partial charge in [0.25, 0.3) is 0 Å². The lowest BCUT2D eigenvalue weighted by Crippen LogP contribution is -2.19. The van der Waals surface area contributed by atoms with Gasteiger partial charge in [0.15, 0.2) is 5.75 Å². The highest BCUT2D eigenvalue weighted by molar-refractivity contribution is 5.52. The molecular weight excluding hydrogens is 368 g/mol. The van der Waals surface area contributed by atoms with Gasteiger partial charge >= 0.3 is 0 Å². The standard InChI is InChI=1S/C25H26N2O.C2H6/c1-19-12-8-9-15-22(19)25(3,4)20(2)18-26-27-23-16-10-11-17-24(23)28-21-13-6-5-7-14-21;1-2/h5-18H,1-4H3;1-2H3/b20-18-,27-26?;. The first-order valence-corrected chi connectivity index (χ1v) is 10.4. The van der Waals surface area contributed by atoms with Crippen LogP contribution in [0.25, 0.3) is 0 Å². The first-order chi connectivity index (χ1) is 14.5. The van der Waals surface area contributed by atoms with Crippen LogP contribution in [-0.4, -0.2) is 0 Å². The Morgan fingerprint density at radius 1 is 0.833 bits per heavy atom. The summed E-state index contributed by atoms with van der Waals surface area (Å²) in [6, 6.07) is 25.8. The van der Waals surface area contributed by atoms with E-state index in [2.05, 4.69) is 62.2 Å². The summed E-state index contributed by atoms with van der Waals surface area (Å²) in [5, 5.41) is 8.74. The van der Waals surface area contributed by atoms with E-state index in [4.69, 9.17) is 4.74 Å². The van der Waals surface area contributed by atoms with Crippen molar-refractivity contribution in [2.24, 2.45) is 10.2 Å². The van der Waals surface area contributed by atoms with Gasteiger partial charge in [0.05, 0.1) is 0 Å². The summed E-state index contributed by atoms with van der Waals surface area (Å²) >= 11 is 0. The Bertz CT molecular complexity index is 989. The summed E-state index contributed by atoms with van der Waals surface area (Å²) in [4.78, 5) is 0. The van der Waals surface area contributed by atoms with Crippen LogP contribution in [-0.2, 0) is 5.41 Å². The number of hydrogen-bond acceptors (Lipinski definition) is 3. The molecule has 3 heteroatoms. The zero-order chi connectivity index (χ0) is 22.0. The summed E-state index contributed by atoms with van der Waals surface area (Å²) in [5.41, 5.74) is 4.30. The molecular formula is C27H32N2O. The number of para-hydroxylation sites is 2. The molecule has 0 atom stereocenters. The molecule has 0 fully saturated rings. The molecule has 156 valence electrons. The van der Waals surface area contributed by atoms with Gasteiger partial charge in [0, 0.05) is 11.6 Å². The van der Waals surface area contributed by atoms with Gasteiger partial charge in [0.2, 0.25) is 0 Å². The molecule has 3 aromatic carbocycles. The molecule has 3 nitrogen and oxygen atoms in total. The van der Waals surface area contributed by atoms with Gasteiger partial charge in [0.1, 0.15) is 11.4 Å². The molecule has 0 aliphatic carbocycles. The highest BCUT2D eigenvalue weighted by Gasteiger charge is 2.24. The van der Waals surface area contributed by atoms with E-state index in [9.17, 15) is 0 Å². The molecule has 0 aromatic heterocycles. The fourth-order valence-corrected chi connectivity index (χ4v) is 3.07. The Morgan fingerprint density at radius 3 is 2.13 bits per heavy atom. The molecule has 0 amide bonds. The Morgan fingerprint density at radius 2 is 1.43 bits per heavy atom. The van der Waals surface area contributed by atoms with Crippen molar-refractivity contribution in [1.82, 2.24) is 0 Å². The van der Waals surface area contributed by atoms with Crippen LogP contribution in [0.5, 0.6) is 11.5 Å². The van der Waals surface area contributed by atoms with Crippen molar-refractivity contribution in [3.63, 3.8) is 0 Å². The molecule has 0 heterocycles. The molecule has 0 saturated carbocycles. The summed E-state index contributed by atoms with van der Waals surface area (Å²) in [5.74, 6) is 1.46. The van der Waals surface area contributed by atoms with Crippen molar-refractivity contribution in [2.45, 2.75) is 47.0 Å². The molecule has 0 bridgehead atoms. The first-order valence-electron chi connectivity index (χ1n) is 10.4. The third-order valence-corrected chi connectivity index (χ3v) is 5.06. The number of benzene rings is 3. The van der Waals surface area contributed by atoms with Crippen molar-refractivity contribution in [2.75, 3.05) is 0 Å². The predicted molar refractivity (Wildman–Crippen MR) is 127 cm³/mol. The van der Waals surface area contributed by atoms with Crippen LogP contribution in [0.1, 0.15) is 45.7 Å². The molecule has 0 unspecified atom stereocenters. The SMILES string of the molecule is C/C(=C/N=Nc1ccccc1Oc1ccccc1)C(C)(C)c1ccccc1C.CC. The largest absolute Gasteiger partial charge is 0.455 e. The van der Waals surface area contributed by atoms with Crippen LogP contribution in [0, 0.1) is 6.92 Å². The van der Waals surface area contributed by atoms with Crippen LogP contribution in [0.3, 0.4) is 0 Å². The molecule has 0 aliphatic heterocycles. The maximum Gasteiger partial charge on any atom is 0.154 e. The third kappa shape index (κ3) is 5.90. The van der Waals surface area contributed by atoms with Gasteiger partial charge in [-0.1, -0.05) is 82.3 Å². The van der Waals surface area contributed by atoms with Crippen molar-refractivity contribution in [3.05, 3.63) is 102 Å². The number of azo groups is 1. The normalized spacial score (nSPS) is 11.7. The number of hydrogen-bond donors (Lipinski definition) is 0. The zero-order valence-electron chi connectivity index (χ0n) is 18.9. The lowest BCUT2D eigenvalue weighted by atomic mass is 9.77. The van der Waals surface area contributed by atoms with E-state index in [1.165, 1.54) is 11.1 Å². The molecule has 3 rings (SSSR count). The fourth-order valence-electron chi connectivity index (χ4n) is 3.07. The van der Waals surface area contributed by atoms with Crippen molar-refractivity contribution in [1.29, 1.82) is 0 Å². The van der Waals surface area contributed by atoms with Gasteiger partial charge in [-0.05, 0) is 54.8 Å². The molecule has 0 saturated heterocycles. The lowest BCUT2D eigenvalue weighted by Gasteiger charge is -2.27. The lowest BCUT2D eigenvalue weighted by molar-refractivity contribution is 0.483. The zero-order valence-corrected chi connectivity index (χ0v) is 18.9. The van der Waals surface area contributed by atoms with Crippen LogP contribution in [0.15, 0.2) is 101 Å². The molecule has 3 aromatic rings. The van der Waals surface area contributed by atoms with E-state index in [0.29, 0.717) is 11.4 Å². The molecule has 30 heavy (non-hydrogen) atoms. The van der Waals surface area contributed by atoms with Gasteiger partial charge in [-0.15, -0.1) is 5.11 Å². The minimum Gasteiger partial charge on any atom is -0.455 e. The van der Waals surface area contributed by atoms with Gasteiger partial charge < -0.3 is 4.74 Å². The number of rotatable bonds is 6. The van der Waals surface area contributed by atoms with E-state index in [1.807, 2.05) is 74.6 Å². The molecule has 0 radical (unpaired) electrons. The number of allylic oxidation sites excluding steroid dienone is 1. The van der Waals surface area contributed by atoms with Crippen LogP contribution >= 0.6 is 0 Å². The van der Waals surface area contributed by atoms with E-state index in [-0.39, 0.29) is 5.41 Å². The number of ether oxygens (including phenoxy) is 1. The van der Waals surface area contributed by atoms with Crippen molar-refractivity contribution < 1.29 is 4.74 Å². The van der Waals surface area contributed by atoms with Crippen LogP contribution in [0.4, 0.5) is 5.69 Å². The Hall–Kier alpha value is -3.20. The maximum atomic E-state index is 5.94. The predicted octanol–water partition coefficient (Wildman–Crippen LogP) is 8.78. The highest BCUT2D eigenvalue weighted by Crippen LogP contribution is 2.34. The second-order valence-electron chi connectivity index (χ2n) is 7.35. The fraction of sp³-hybridized carbons (Fsp3) is 0.259. The number of nitrogens with zero attached hydrogens (tertiary/aromatic N) is 2. The van der Waals surface area contributed by atoms with E-state index in [0.717, 1.165) is 11.3 Å². The molecule has 0 spiro atoms. The van der Waals surface area contributed by atoms with E-state index >= 15 is 0 Å². The summed E-state index contributed by atoms with van der Waals surface area (Å²) in [6.45, 7) is 12.7. The smallest absolute Gasteiger partial charge is 0.154 e. The Labute approximate surface area is 181 Å². The monoisotopic (exact) mass is 400 g/mol. The quantitative estimate of drug-likeness (QED) is 0.381. The van der Waals surface area contributed by atoms with Crippen LogP contribution < -0.4 is 4.74 Å². The summed E-state index contributed by atoms with van der Waals surface area (Å²) in [6.07, 6.45) is 1.84. The minimum absolute atomic E-state index is 0.121. The summed E-state index contributed by atoms with van der Waals surface area (Å²) < 4.78 is 5.94. The Balaban J connectivity index is 0.00000155. The first kappa shape index (κ1) is 23.1. The minimum atomic E-state index is -0.121. The molecule has 0 aliphatic rings. The van der Waals surface area contributed by atoms with Gasteiger partial charge in [-0.2, -0.15) is 5.11 Å². The highest BCUT2D eigenvalue weighted by atomic mass is 16.5. The topological polar surface area (TPSA) is 34.0 Å². The average Bonchev–Trinajstić information content (AvgIpc) is 2.77. The summed E-state index contributed by atoms with van der Waals surface area (Å²) in [7, 11) is 0. The van der Waals surface area contributed by atoms with E-state index < -0.39 is 0 Å². The van der Waals surface area contributed by atoms with Crippen molar-refractivity contribution in [3.8, 4) is 11.5 Å². The van der Waals surface area contributed by atoms with Gasteiger partial charge in [-0.3, -0.25) is 0 Å². The Kier molecular flexibility index (Phi) is 8.54. The number of aryl methyl sites for hydroxylation is 1. The van der Waals surface area contributed by atoms with Crippen LogP contribution in [0.2, 0.25) is 0 Å². The maximum absolute atomic E-state index is 5.94. The van der Waals surface area contributed by atoms with E-state index in [1.54, 1.807) is 0 Å². The second kappa shape index (κ2) is 11.1. The van der Waals surface area contributed by atoms with Gasteiger partial charge in [-0.25, -0.2) is 0 Å². The average molecular weight is 401 g/mol. The third-order valence-electron chi connectivity index (χ3n) is 5.06. The molecule has 0 N–H and O–H groups in total. The second-order valence-corrected chi connectivity index (χ2v) is 7.35.